The van der Waals surface area contributed by atoms with Crippen molar-refractivity contribution in [2.45, 2.75) is 27.6 Å². The predicted molar refractivity (Wildman–Crippen MR) is 72.0 cm³/mol. The fourth-order valence-corrected chi connectivity index (χ4v) is 1.92. The molecule has 0 amide bonds. The highest BCUT2D eigenvalue weighted by Gasteiger charge is 2.15. The summed E-state index contributed by atoms with van der Waals surface area (Å²) in [5.74, 6) is 0. The normalized spacial score (nSPS) is 17.4. The van der Waals surface area contributed by atoms with E-state index in [1.807, 2.05) is 6.92 Å². The maximum absolute atomic E-state index is 7.59. The maximum Gasteiger partial charge on any atom is 0.212 e. The van der Waals surface area contributed by atoms with Crippen LogP contribution in [0.5, 0.6) is 0 Å². The summed E-state index contributed by atoms with van der Waals surface area (Å²) in [4.78, 5) is 0. The summed E-state index contributed by atoms with van der Waals surface area (Å²) in [6, 6.07) is 8.38. The van der Waals surface area contributed by atoms with Crippen LogP contribution in [0.2, 0.25) is 0 Å². The lowest BCUT2D eigenvalue weighted by molar-refractivity contribution is -0.667. The van der Waals surface area contributed by atoms with Gasteiger partial charge in [0.1, 0.15) is 7.05 Å². The molecule has 17 heavy (non-hydrogen) atoms. The second-order valence-electron chi connectivity index (χ2n) is 4.31. The second kappa shape index (κ2) is 4.33. The second-order valence-corrected chi connectivity index (χ2v) is 4.31. The number of aryl methyl sites for hydroxylation is 3. The molecule has 1 heterocycles. The minimum atomic E-state index is -2.17. The summed E-state index contributed by atoms with van der Waals surface area (Å²) in [5, 5.41) is 0. The van der Waals surface area contributed by atoms with Crippen molar-refractivity contribution < 1.29 is 12.8 Å². The van der Waals surface area contributed by atoms with E-state index in [-0.39, 0.29) is 5.56 Å². The Hall–Kier alpha value is -1.63. The number of benzene rings is 1. The van der Waals surface area contributed by atoms with Crippen LogP contribution in [0.4, 0.5) is 0 Å². The standard InChI is InChI=1S/C16H20N/c1-11-6-7-13(3)15(10-11)16-9-8-12(2)14(4)17(16)5/h6-10H,1-5H3/q+1/i1D3,2D3. The molecule has 0 fully saturated rings. The van der Waals surface area contributed by atoms with E-state index in [0.717, 1.165) is 16.8 Å². The molecule has 0 spiro atoms. The molecule has 2 rings (SSSR count). The molecule has 2 aromatic rings. The molecular formula is C16H20N+. The van der Waals surface area contributed by atoms with Gasteiger partial charge in [-0.25, -0.2) is 0 Å². The van der Waals surface area contributed by atoms with Crippen molar-refractivity contribution in [3.63, 3.8) is 0 Å². The topological polar surface area (TPSA) is 3.88 Å². The number of rotatable bonds is 1. The van der Waals surface area contributed by atoms with E-state index in [1.165, 1.54) is 0 Å². The lowest BCUT2D eigenvalue weighted by Crippen LogP contribution is -2.35. The number of hydrogen-bond acceptors (Lipinski definition) is 0. The molecule has 1 nitrogen and oxygen atoms in total. The first kappa shape index (κ1) is 6.34. The Morgan fingerprint density at radius 1 is 1.00 bits per heavy atom. The van der Waals surface area contributed by atoms with Gasteiger partial charge in [0.05, 0.1) is 0 Å². The van der Waals surface area contributed by atoms with Gasteiger partial charge >= 0.3 is 0 Å². The number of nitrogens with zero attached hydrogens (tertiary/aromatic N) is 1. The Balaban J connectivity index is 2.67. The Labute approximate surface area is 112 Å². The molecule has 0 aliphatic heterocycles. The third-order valence-corrected chi connectivity index (χ3v) is 3.18. The minimum absolute atomic E-state index is 0.274. The molecule has 0 saturated heterocycles. The van der Waals surface area contributed by atoms with Crippen molar-refractivity contribution in [2.75, 3.05) is 0 Å². The van der Waals surface area contributed by atoms with E-state index in [1.54, 1.807) is 48.9 Å². The average Bonchev–Trinajstić information content (AvgIpc) is 2.40. The van der Waals surface area contributed by atoms with Crippen molar-refractivity contribution in [3.05, 3.63) is 52.7 Å². The van der Waals surface area contributed by atoms with Gasteiger partial charge in [0.2, 0.25) is 5.69 Å². The van der Waals surface area contributed by atoms with E-state index < -0.39 is 13.7 Å². The first-order valence-electron chi connectivity index (χ1n) is 8.54. The summed E-state index contributed by atoms with van der Waals surface area (Å²) < 4.78 is 47.3. The van der Waals surface area contributed by atoms with Crippen molar-refractivity contribution in [1.29, 1.82) is 0 Å². The number of hydrogen-bond donors (Lipinski definition) is 0. The van der Waals surface area contributed by atoms with Gasteiger partial charge in [0, 0.05) is 32.3 Å². The van der Waals surface area contributed by atoms with Crippen molar-refractivity contribution >= 4 is 0 Å². The summed E-state index contributed by atoms with van der Waals surface area (Å²) >= 11 is 0. The molecule has 88 valence electrons. The molecule has 1 aromatic carbocycles. The van der Waals surface area contributed by atoms with Gasteiger partial charge in [-0.3, -0.25) is 0 Å². The lowest BCUT2D eigenvalue weighted by Gasteiger charge is -2.08. The van der Waals surface area contributed by atoms with Crippen LogP contribution in [0.25, 0.3) is 11.3 Å². The van der Waals surface area contributed by atoms with Gasteiger partial charge in [-0.1, -0.05) is 17.7 Å². The zero-order valence-corrected chi connectivity index (χ0v) is 10.3. The Bertz CT molecular complexity index is 743. The summed E-state index contributed by atoms with van der Waals surface area (Å²) in [6.45, 7) is -0.676. The molecule has 0 atom stereocenters. The highest BCUT2D eigenvalue weighted by atomic mass is 14.9. The minimum Gasteiger partial charge on any atom is -0.198 e. The Morgan fingerprint density at radius 2 is 1.76 bits per heavy atom. The summed E-state index contributed by atoms with van der Waals surface area (Å²) in [5.41, 5.74) is 3.74. The molecule has 0 bridgehead atoms. The summed E-state index contributed by atoms with van der Waals surface area (Å²) in [7, 11) is 1.79. The smallest absolute Gasteiger partial charge is 0.198 e. The van der Waals surface area contributed by atoms with E-state index in [0.29, 0.717) is 11.3 Å². The van der Waals surface area contributed by atoms with Gasteiger partial charge < -0.3 is 0 Å². The van der Waals surface area contributed by atoms with Gasteiger partial charge in [-0.2, -0.15) is 4.57 Å². The van der Waals surface area contributed by atoms with Crippen LogP contribution in [0.3, 0.4) is 0 Å². The SMILES string of the molecule is [2H]C([2H])([2H])c1ccc(C)c(-c2ccc(C([2H])([2H])[2H])c(C)[n+]2C)c1. The van der Waals surface area contributed by atoms with Crippen LogP contribution in [-0.2, 0) is 7.05 Å². The van der Waals surface area contributed by atoms with E-state index >= 15 is 0 Å². The van der Waals surface area contributed by atoms with Crippen LogP contribution in [0.1, 0.15) is 30.6 Å². The van der Waals surface area contributed by atoms with Crippen molar-refractivity contribution in [2.24, 2.45) is 7.05 Å². The number of aromatic nitrogens is 1. The maximum atomic E-state index is 7.59. The van der Waals surface area contributed by atoms with Gasteiger partial charge in [-0.15, -0.1) is 0 Å². The van der Waals surface area contributed by atoms with Gasteiger partial charge in [0.25, 0.3) is 0 Å². The first-order valence-corrected chi connectivity index (χ1v) is 5.54. The number of pyridine rings is 1. The van der Waals surface area contributed by atoms with Crippen LogP contribution < -0.4 is 4.57 Å². The molecule has 0 radical (unpaired) electrons. The molecule has 0 unspecified atom stereocenters. The fourth-order valence-electron chi connectivity index (χ4n) is 1.92. The third-order valence-electron chi connectivity index (χ3n) is 3.18. The Kier molecular flexibility index (Phi) is 1.61. The van der Waals surface area contributed by atoms with E-state index in [2.05, 4.69) is 0 Å². The van der Waals surface area contributed by atoms with Crippen LogP contribution in [0.15, 0.2) is 30.3 Å². The van der Waals surface area contributed by atoms with Crippen LogP contribution >= 0.6 is 0 Å². The lowest BCUT2D eigenvalue weighted by atomic mass is 10.0. The molecular weight excluding hydrogens is 206 g/mol. The molecule has 0 saturated carbocycles. The average molecular weight is 232 g/mol. The van der Waals surface area contributed by atoms with Gasteiger partial charge in [0.15, 0.2) is 5.69 Å². The molecule has 1 heteroatoms. The predicted octanol–water partition coefficient (Wildman–Crippen LogP) is 3.41. The van der Waals surface area contributed by atoms with Crippen LogP contribution in [0, 0.1) is 27.6 Å². The highest BCUT2D eigenvalue weighted by Crippen LogP contribution is 2.22. The van der Waals surface area contributed by atoms with Crippen molar-refractivity contribution in [3.8, 4) is 11.3 Å². The zero-order valence-electron chi connectivity index (χ0n) is 16.3. The first-order chi connectivity index (χ1) is 10.4. The third kappa shape index (κ3) is 2.10. The van der Waals surface area contributed by atoms with Crippen LogP contribution in [-0.4, -0.2) is 0 Å². The van der Waals surface area contributed by atoms with E-state index in [4.69, 9.17) is 8.22 Å². The zero-order chi connectivity index (χ0) is 17.6. The molecule has 0 aliphatic rings. The Morgan fingerprint density at radius 3 is 2.47 bits per heavy atom. The molecule has 1 aromatic heterocycles. The van der Waals surface area contributed by atoms with Crippen molar-refractivity contribution in [1.82, 2.24) is 0 Å². The molecule has 0 aliphatic carbocycles. The highest BCUT2D eigenvalue weighted by molar-refractivity contribution is 5.62. The summed E-state index contributed by atoms with van der Waals surface area (Å²) in [6.07, 6.45) is 0. The monoisotopic (exact) mass is 232 g/mol. The largest absolute Gasteiger partial charge is 0.212 e. The van der Waals surface area contributed by atoms with E-state index in [9.17, 15) is 0 Å². The fraction of sp³-hybridized carbons (Fsp3) is 0.312. The quantitative estimate of drug-likeness (QED) is 0.663. The molecule has 0 N–H and O–H groups in total. The van der Waals surface area contributed by atoms with Gasteiger partial charge in [-0.05, 0) is 38.3 Å².